The summed E-state index contributed by atoms with van der Waals surface area (Å²) in [6.07, 6.45) is 1.38. The first-order valence-corrected chi connectivity index (χ1v) is 12.5. The summed E-state index contributed by atoms with van der Waals surface area (Å²) in [6.45, 7) is 6.79. The Morgan fingerprint density at radius 2 is 1.74 bits per heavy atom. The van der Waals surface area contributed by atoms with Crippen LogP contribution < -0.4 is 9.47 Å². The van der Waals surface area contributed by atoms with E-state index in [1.54, 1.807) is 4.90 Å². The lowest BCUT2D eigenvalue weighted by Crippen LogP contribution is -2.43. The van der Waals surface area contributed by atoms with Crippen LogP contribution >= 0.6 is 0 Å². The number of ether oxygens (including phenoxy) is 2. The van der Waals surface area contributed by atoms with Crippen LogP contribution in [0.5, 0.6) is 11.5 Å². The second kappa shape index (κ2) is 10.2. The smallest absolute Gasteiger partial charge is 0.261 e. The Balaban J connectivity index is 1.74. The van der Waals surface area contributed by atoms with Gasteiger partial charge in [-0.1, -0.05) is 37.3 Å². The van der Waals surface area contributed by atoms with E-state index in [0.717, 1.165) is 28.9 Å². The van der Waals surface area contributed by atoms with E-state index in [9.17, 15) is 13.2 Å². The van der Waals surface area contributed by atoms with Crippen LogP contribution in [-0.2, 0) is 21.2 Å². The lowest BCUT2D eigenvalue weighted by Gasteiger charge is -2.28. The minimum atomic E-state index is -3.12. The summed E-state index contributed by atoms with van der Waals surface area (Å²) in [5.74, 6) is 1.39. The molecule has 1 aliphatic heterocycles. The third-order valence-corrected chi connectivity index (χ3v) is 7.22. The highest BCUT2D eigenvalue weighted by Crippen LogP contribution is 2.24. The molecule has 1 saturated heterocycles. The zero-order valence-corrected chi connectivity index (χ0v) is 19.3. The summed E-state index contributed by atoms with van der Waals surface area (Å²) >= 11 is 0. The van der Waals surface area contributed by atoms with Crippen LogP contribution in [0.1, 0.15) is 36.5 Å². The van der Waals surface area contributed by atoms with Crippen molar-refractivity contribution in [2.45, 2.75) is 46.2 Å². The number of aryl methyl sites for hydroxylation is 2. The fourth-order valence-electron chi connectivity index (χ4n) is 3.79. The second-order valence-electron chi connectivity index (χ2n) is 8.08. The van der Waals surface area contributed by atoms with E-state index in [0.29, 0.717) is 25.3 Å². The van der Waals surface area contributed by atoms with E-state index in [4.69, 9.17) is 9.47 Å². The molecule has 3 rings (SSSR count). The van der Waals surface area contributed by atoms with Gasteiger partial charge in [0.2, 0.25) is 0 Å². The van der Waals surface area contributed by atoms with Gasteiger partial charge in [-0.05, 0) is 55.5 Å². The Hall–Kier alpha value is -2.54. The number of sulfone groups is 1. The molecule has 7 heteroatoms. The van der Waals surface area contributed by atoms with Crippen molar-refractivity contribution in [1.29, 1.82) is 0 Å². The first kappa shape index (κ1) is 23.1. The van der Waals surface area contributed by atoms with E-state index < -0.39 is 9.84 Å². The Labute approximate surface area is 185 Å². The average Bonchev–Trinajstić information content (AvgIpc) is 3.10. The predicted octanol–water partition coefficient (Wildman–Crippen LogP) is 3.69. The normalized spacial score (nSPS) is 17.3. The Morgan fingerprint density at radius 3 is 2.32 bits per heavy atom. The molecule has 1 heterocycles. The van der Waals surface area contributed by atoms with Gasteiger partial charge in [0.05, 0.1) is 18.1 Å². The maximum atomic E-state index is 13.1. The lowest BCUT2D eigenvalue weighted by atomic mass is 10.1. The van der Waals surface area contributed by atoms with Gasteiger partial charge in [-0.2, -0.15) is 0 Å². The Bertz CT molecular complexity index is 981. The molecule has 0 bridgehead atoms. The van der Waals surface area contributed by atoms with E-state index in [1.165, 1.54) is 0 Å². The summed E-state index contributed by atoms with van der Waals surface area (Å²) < 4.78 is 35.6. The van der Waals surface area contributed by atoms with Crippen molar-refractivity contribution in [3.8, 4) is 11.5 Å². The summed E-state index contributed by atoms with van der Waals surface area (Å²) in [7, 11) is -3.12. The molecule has 168 valence electrons. The molecule has 0 aromatic heterocycles. The molecular weight excluding hydrogens is 414 g/mol. The van der Waals surface area contributed by atoms with Gasteiger partial charge < -0.3 is 14.4 Å². The minimum Gasteiger partial charge on any atom is -0.494 e. The van der Waals surface area contributed by atoms with Crippen LogP contribution in [0, 0.1) is 13.8 Å². The van der Waals surface area contributed by atoms with E-state index in [-0.39, 0.29) is 30.1 Å². The van der Waals surface area contributed by atoms with Gasteiger partial charge in [0.1, 0.15) is 11.5 Å². The van der Waals surface area contributed by atoms with Crippen LogP contribution in [0.2, 0.25) is 0 Å². The SMILES string of the molecule is CCCOc1ccc(CN(C(=O)COc2c(C)cccc2C)C2CCS(=O)(=O)C2)cc1. The Kier molecular flexibility index (Phi) is 7.59. The number of hydrogen-bond acceptors (Lipinski definition) is 5. The van der Waals surface area contributed by atoms with E-state index in [2.05, 4.69) is 0 Å². The van der Waals surface area contributed by atoms with Crippen LogP contribution in [0.4, 0.5) is 0 Å². The molecule has 0 N–H and O–H groups in total. The molecular formula is C24H31NO5S. The Morgan fingerprint density at radius 1 is 1.06 bits per heavy atom. The van der Waals surface area contributed by atoms with E-state index in [1.807, 2.05) is 63.2 Å². The fourth-order valence-corrected chi connectivity index (χ4v) is 5.52. The summed E-state index contributed by atoms with van der Waals surface area (Å²) in [4.78, 5) is 14.8. The number of nitrogens with zero attached hydrogens (tertiary/aromatic N) is 1. The quantitative estimate of drug-likeness (QED) is 0.589. The lowest BCUT2D eigenvalue weighted by molar-refractivity contribution is -0.136. The monoisotopic (exact) mass is 445 g/mol. The molecule has 1 amide bonds. The molecule has 31 heavy (non-hydrogen) atoms. The maximum Gasteiger partial charge on any atom is 0.261 e. The standard InChI is InChI=1S/C24H31NO5S/c1-4-13-29-22-10-8-20(9-11-22)15-25(21-12-14-31(27,28)17-21)23(26)16-30-24-18(2)6-5-7-19(24)3/h5-11,21H,4,12-17H2,1-3H3. The molecule has 2 aromatic carbocycles. The topological polar surface area (TPSA) is 72.9 Å². The highest BCUT2D eigenvalue weighted by atomic mass is 32.2. The largest absolute Gasteiger partial charge is 0.494 e. The zero-order valence-electron chi connectivity index (χ0n) is 18.5. The number of benzene rings is 2. The van der Waals surface area contributed by atoms with Crippen molar-refractivity contribution in [3.05, 3.63) is 59.2 Å². The second-order valence-corrected chi connectivity index (χ2v) is 10.3. The number of rotatable bonds is 9. The van der Waals surface area contributed by atoms with Crippen LogP contribution in [0.25, 0.3) is 0 Å². The molecule has 2 aromatic rings. The third kappa shape index (κ3) is 6.23. The van der Waals surface area contributed by atoms with Crippen LogP contribution in [-0.4, -0.2) is 50.0 Å². The van der Waals surface area contributed by atoms with Crippen molar-refractivity contribution in [1.82, 2.24) is 4.90 Å². The van der Waals surface area contributed by atoms with Crippen molar-refractivity contribution in [3.63, 3.8) is 0 Å². The van der Waals surface area contributed by atoms with Crippen LogP contribution in [0.15, 0.2) is 42.5 Å². The number of hydrogen-bond donors (Lipinski definition) is 0. The number of carbonyl (C=O) groups is 1. The molecule has 1 fully saturated rings. The van der Waals surface area contributed by atoms with Gasteiger partial charge in [0.25, 0.3) is 5.91 Å². The van der Waals surface area contributed by atoms with E-state index >= 15 is 0 Å². The van der Waals surface area contributed by atoms with Gasteiger partial charge in [-0.3, -0.25) is 4.79 Å². The molecule has 0 radical (unpaired) electrons. The maximum absolute atomic E-state index is 13.1. The van der Waals surface area contributed by atoms with Crippen molar-refractivity contribution in [2.75, 3.05) is 24.7 Å². The minimum absolute atomic E-state index is 0.000171. The molecule has 6 nitrogen and oxygen atoms in total. The number of carbonyl (C=O) groups excluding carboxylic acids is 1. The molecule has 1 unspecified atom stereocenters. The van der Waals surface area contributed by atoms with Crippen LogP contribution in [0.3, 0.4) is 0 Å². The highest BCUT2D eigenvalue weighted by Gasteiger charge is 2.34. The summed E-state index contributed by atoms with van der Waals surface area (Å²) in [6, 6.07) is 13.1. The summed E-state index contributed by atoms with van der Waals surface area (Å²) in [5, 5.41) is 0. The number of para-hydroxylation sites is 1. The average molecular weight is 446 g/mol. The van der Waals surface area contributed by atoms with Gasteiger partial charge in [-0.25, -0.2) is 8.42 Å². The van der Waals surface area contributed by atoms with Gasteiger partial charge in [0.15, 0.2) is 16.4 Å². The van der Waals surface area contributed by atoms with Gasteiger partial charge in [0, 0.05) is 12.6 Å². The third-order valence-electron chi connectivity index (χ3n) is 5.47. The van der Waals surface area contributed by atoms with Crippen molar-refractivity contribution in [2.24, 2.45) is 0 Å². The van der Waals surface area contributed by atoms with Gasteiger partial charge in [-0.15, -0.1) is 0 Å². The highest BCUT2D eigenvalue weighted by molar-refractivity contribution is 7.91. The molecule has 1 aliphatic rings. The molecule has 0 aliphatic carbocycles. The first-order valence-electron chi connectivity index (χ1n) is 10.7. The van der Waals surface area contributed by atoms with Gasteiger partial charge >= 0.3 is 0 Å². The summed E-state index contributed by atoms with van der Waals surface area (Å²) in [5.41, 5.74) is 2.85. The first-order chi connectivity index (χ1) is 14.8. The molecule has 0 saturated carbocycles. The van der Waals surface area contributed by atoms with Crippen molar-refractivity contribution >= 4 is 15.7 Å². The molecule has 0 spiro atoms. The number of amides is 1. The molecule has 1 atom stereocenters. The fraction of sp³-hybridized carbons (Fsp3) is 0.458. The van der Waals surface area contributed by atoms with Crippen molar-refractivity contribution < 1.29 is 22.7 Å². The zero-order chi connectivity index (χ0) is 22.4. The predicted molar refractivity (Wildman–Crippen MR) is 121 cm³/mol.